The van der Waals surface area contributed by atoms with Crippen LogP contribution in [0.3, 0.4) is 0 Å². The molecule has 0 heterocycles. The molecular formula is C15H23FN2O3. The van der Waals surface area contributed by atoms with Gasteiger partial charge in [0.1, 0.15) is 5.82 Å². The predicted octanol–water partition coefficient (Wildman–Crippen LogP) is 1.28. The summed E-state index contributed by atoms with van der Waals surface area (Å²) >= 11 is 0. The number of nitrogens with zero attached hydrogens (tertiary/aromatic N) is 1. The largest absolute Gasteiger partial charge is 0.465 e. The van der Waals surface area contributed by atoms with E-state index in [1.165, 1.54) is 19.2 Å². The quantitative estimate of drug-likeness (QED) is 0.550. The minimum Gasteiger partial charge on any atom is -0.465 e. The first kappa shape index (κ1) is 17.6. The summed E-state index contributed by atoms with van der Waals surface area (Å²) in [7, 11) is 5.22. The first-order chi connectivity index (χ1) is 10.0. The van der Waals surface area contributed by atoms with Crippen LogP contribution in [0.4, 0.5) is 4.39 Å². The van der Waals surface area contributed by atoms with Crippen molar-refractivity contribution in [2.24, 2.45) is 0 Å². The number of carbonyl (C=O) groups is 1. The Morgan fingerprint density at radius 3 is 2.71 bits per heavy atom. The summed E-state index contributed by atoms with van der Waals surface area (Å²) in [5, 5.41) is 3.16. The van der Waals surface area contributed by atoms with Gasteiger partial charge in [-0.2, -0.15) is 0 Å². The summed E-state index contributed by atoms with van der Waals surface area (Å²) < 4.78 is 23.6. The zero-order valence-corrected chi connectivity index (χ0v) is 12.8. The van der Waals surface area contributed by atoms with Crippen LogP contribution in [0, 0.1) is 5.82 Å². The van der Waals surface area contributed by atoms with Crippen LogP contribution >= 0.6 is 0 Å². The molecule has 21 heavy (non-hydrogen) atoms. The summed E-state index contributed by atoms with van der Waals surface area (Å²) in [4.78, 5) is 13.3. The van der Waals surface area contributed by atoms with E-state index in [1.807, 2.05) is 14.1 Å². The van der Waals surface area contributed by atoms with Crippen molar-refractivity contribution in [2.45, 2.75) is 6.54 Å². The van der Waals surface area contributed by atoms with E-state index in [0.29, 0.717) is 26.3 Å². The minimum atomic E-state index is -0.665. The Morgan fingerprint density at radius 2 is 2.10 bits per heavy atom. The first-order valence-electron chi connectivity index (χ1n) is 6.84. The maximum Gasteiger partial charge on any atom is 0.340 e. The number of nitrogens with one attached hydrogen (secondary N) is 1. The van der Waals surface area contributed by atoms with Crippen molar-refractivity contribution in [3.8, 4) is 0 Å². The highest BCUT2D eigenvalue weighted by molar-refractivity contribution is 5.89. The van der Waals surface area contributed by atoms with Gasteiger partial charge in [-0.05, 0) is 31.8 Å². The molecule has 0 unspecified atom stereocenters. The summed E-state index contributed by atoms with van der Waals surface area (Å²) in [6.07, 6.45) is 0. The smallest absolute Gasteiger partial charge is 0.340 e. The zero-order valence-electron chi connectivity index (χ0n) is 12.8. The zero-order chi connectivity index (χ0) is 15.7. The SMILES string of the molecule is COC(=O)c1ccc(CNCCOCCN(C)C)cc1F. The molecule has 0 radical (unpaired) electrons. The Balaban J connectivity index is 2.27. The molecule has 0 atom stereocenters. The molecule has 0 fully saturated rings. The number of carbonyl (C=O) groups excluding carboxylic acids is 1. The third-order valence-electron chi connectivity index (χ3n) is 2.87. The molecule has 0 aliphatic rings. The molecule has 0 bridgehead atoms. The molecule has 0 aliphatic heterocycles. The third-order valence-corrected chi connectivity index (χ3v) is 2.87. The first-order valence-corrected chi connectivity index (χ1v) is 6.84. The topological polar surface area (TPSA) is 50.8 Å². The summed E-state index contributed by atoms with van der Waals surface area (Å²) in [5.74, 6) is -1.23. The number of likely N-dealkylation sites (N-methyl/N-ethyl adjacent to an activating group) is 1. The summed E-state index contributed by atoms with van der Waals surface area (Å²) in [5.41, 5.74) is 0.724. The normalized spacial score (nSPS) is 10.9. The van der Waals surface area contributed by atoms with Crippen LogP contribution in [0.5, 0.6) is 0 Å². The Kier molecular flexibility index (Phi) is 7.89. The molecule has 0 saturated heterocycles. The van der Waals surface area contributed by atoms with Crippen molar-refractivity contribution < 1.29 is 18.7 Å². The molecule has 0 spiro atoms. The summed E-state index contributed by atoms with van der Waals surface area (Å²) in [6, 6.07) is 4.48. The molecule has 1 aromatic rings. The van der Waals surface area contributed by atoms with E-state index in [1.54, 1.807) is 6.07 Å². The fraction of sp³-hybridized carbons (Fsp3) is 0.533. The second-order valence-electron chi connectivity index (χ2n) is 4.90. The van der Waals surface area contributed by atoms with Gasteiger partial charge in [0, 0.05) is 19.6 Å². The van der Waals surface area contributed by atoms with Gasteiger partial charge < -0.3 is 19.7 Å². The highest BCUT2D eigenvalue weighted by Crippen LogP contribution is 2.11. The van der Waals surface area contributed by atoms with Gasteiger partial charge in [0.2, 0.25) is 0 Å². The van der Waals surface area contributed by atoms with Crippen molar-refractivity contribution in [3.05, 3.63) is 35.1 Å². The molecule has 118 valence electrons. The number of esters is 1. The number of methoxy groups -OCH3 is 1. The molecule has 5 nitrogen and oxygen atoms in total. The summed E-state index contributed by atoms with van der Waals surface area (Å²) in [6.45, 7) is 3.40. The van der Waals surface area contributed by atoms with E-state index < -0.39 is 11.8 Å². The van der Waals surface area contributed by atoms with Gasteiger partial charge in [-0.1, -0.05) is 6.07 Å². The molecule has 0 aromatic heterocycles. The molecule has 6 heteroatoms. The van der Waals surface area contributed by atoms with Crippen molar-refractivity contribution in [2.75, 3.05) is 47.5 Å². The molecule has 0 saturated carbocycles. The van der Waals surface area contributed by atoms with Crippen LogP contribution in [-0.4, -0.2) is 58.4 Å². The molecule has 1 aromatic carbocycles. The predicted molar refractivity (Wildman–Crippen MR) is 78.8 cm³/mol. The highest BCUT2D eigenvalue weighted by atomic mass is 19.1. The van der Waals surface area contributed by atoms with Crippen LogP contribution in [0.15, 0.2) is 18.2 Å². The van der Waals surface area contributed by atoms with Crippen LogP contribution < -0.4 is 5.32 Å². The molecule has 1 rings (SSSR count). The van der Waals surface area contributed by atoms with E-state index in [-0.39, 0.29) is 5.56 Å². The monoisotopic (exact) mass is 298 g/mol. The molecule has 0 aliphatic carbocycles. The molecular weight excluding hydrogens is 275 g/mol. The lowest BCUT2D eigenvalue weighted by atomic mass is 10.1. The van der Waals surface area contributed by atoms with E-state index in [0.717, 1.165) is 12.1 Å². The van der Waals surface area contributed by atoms with Crippen LogP contribution in [0.25, 0.3) is 0 Å². The number of halogens is 1. The third kappa shape index (κ3) is 6.66. The van der Waals surface area contributed by atoms with Gasteiger partial charge in [-0.25, -0.2) is 9.18 Å². The van der Waals surface area contributed by atoms with Crippen molar-refractivity contribution in [1.82, 2.24) is 10.2 Å². The lowest BCUT2D eigenvalue weighted by molar-refractivity contribution is 0.0595. The van der Waals surface area contributed by atoms with Gasteiger partial charge in [0.05, 0.1) is 25.9 Å². The average molecular weight is 298 g/mol. The minimum absolute atomic E-state index is 0.0479. The van der Waals surface area contributed by atoms with Gasteiger partial charge in [-0.3, -0.25) is 0 Å². The van der Waals surface area contributed by atoms with Crippen LogP contribution in [-0.2, 0) is 16.0 Å². The average Bonchev–Trinajstić information content (AvgIpc) is 2.45. The van der Waals surface area contributed by atoms with Crippen molar-refractivity contribution in [3.63, 3.8) is 0 Å². The number of benzene rings is 1. The van der Waals surface area contributed by atoms with Crippen molar-refractivity contribution in [1.29, 1.82) is 0 Å². The van der Waals surface area contributed by atoms with Crippen LogP contribution in [0.1, 0.15) is 15.9 Å². The Bertz CT molecular complexity index is 453. The van der Waals surface area contributed by atoms with Gasteiger partial charge in [0.15, 0.2) is 0 Å². The van der Waals surface area contributed by atoms with Gasteiger partial charge >= 0.3 is 5.97 Å². The second kappa shape index (κ2) is 9.44. The number of ether oxygens (including phenoxy) is 2. The van der Waals surface area contributed by atoms with Gasteiger partial charge in [0.25, 0.3) is 0 Å². The lowest BCUT2D eigenvalue weighted by Gasteiger charge is -2.10. The molecule has 0 amide bonds. The highest BCUT2D eigenvalue weighted by Gasteiger charge is 2.11. The maximum absolute atomic E-state index is 13.7. The fourth-order valence-corrected chi connectivity index (χ4v) is 1.67. The molecule has 1 N–H and O–H groups in total. The van der Waals surface area contributed by atoms with E-state index in [2.05, 4.69) is 15.0 Å². The standard InChI is InChI=1S/C15H23FN2O3/c1-18(2)7-9-21-8-6-17-11-12-4-5-13(14(16)10-12)15(19)20-3/h4-5,10,17H,6-9,11H2,1-3H3. The van der Waals surface area contributed by atoms with Crippen molar-refractivity contribution >= 4 is 5.97 Å². The number of hydrogen-bond acceptors (Lipinski definition) is 5. The Labute approximate surface area is 125 Å². The van der Waals surface area contributed by atoms with Crippen LogP contribution in [0.2, 0.25) is 0 Å². The second-order valence-corrected chi connectivity index (χ2v) is 4.90. The van der Waals surface area contributed by atoms with E-state index in [9.17, 15) is 9.18 Å². The Morgan fingerprint density at radius 1 is 1.33 bits per heavy atom. The maximum atomic E-state index is 13.7. The Hall–Kier alpha value is -1.50. The fourth-order valence-electron chi connectivity index (χ4n) is 1.67. The lowest BCUT2D eigenvalue weighted by Crippen LogP contribution is -2.23. The number of hydrogen-bond donors (Lipinski definition) is 1. The van der Waals surface area contributed by atoms with E-state index in [4.69, 9.17) is 4.74 Å². The van der Waals surface area contributed by atoms with E-state index >= 15 is 0 Å². The number of rotatable bonds is 9. The van der Waals surface area contributed by atoms with Gasteiger partial charge in [-0.15, -0.1) is 0 Å².